The van der Waals surface area contributed by atoms with Crippen LogP contribution in [0.2, 0.25) is 0 Å². The van der Waals surface area contributed by atoms with Crippen LogP contribution < -0.4 is 10.6 Å². The molecule has 25 heavy (non-hydrogen) atoms. The molecule has 0 fully saturated rings. The number of rotatable bonds is 7. The summed E-state index contributed by atoms with van der Waals surface area (Å²) in [5.74, 6) is -1.24. The lowest BCUT2D eigenvalue weighted by molar-refractivity contribution is 0.0942. The van der Waals surface area contributed by atoms with Gasteiger partial charge < -0.3 is 25.8 Å². The maximum atomic E-state index is 12.4. The van der Waals surface area contributed by atoms with Gasteiger partial charge in [-0.15, -0.1) is 0 Å². The van der Waals surface area contributed by atoms with Crippen LogP contribution in [0.4, 0.5) is 0 Å². The summed E-state index contributed by atoms with van der Waals surface area (Å²) in [6, 6.07) is 12.3. The molecule has 0 aliphatic rings. The van der Waals surface area contributed by atoms with Gasteiger partial charge in [0.25, 0.3) is 5.91 Å². The average Bonchev–Trinajstić information content (AvgIpc) is 2.59. The largest absolute Gasteiger partial charge is 0.507 e. The zero-order chi connectivity index (χ0) is 18.4. The van der Waals surface area contributed by atoms with Gasteiger partial charge in [0.1, 0.15) is 5.75 Å². The predicted octanol–water partition coefficient (Wildman–Crippen LogP) is 0.773. The van der Waals surface area contributed by atoms with Crippen molar-refractivity contribution in [1.29, 1.82) is 0 Å². The number of aromatic hydroxyl groups is 1. The van der Waals surface area contributed by atoms with Crippen LogP contribution in [-0.2, 0) is 13.0 Å². The van der Waals surface area contributed by atoms with Gasteiger partial charge in [-0.2, -0.15) is 0 Å². The standard InChI is InChI=1S/C18H23BN2O4/c1-12-4-3-5-15(17(12)22)10-16(19(24)25)21-18(23)14-8-6-13(7-9-14)11-20-2/h3-9,16,20,22,24-25H,10-11H2,1-2H3,(H,21,23)/t16-/m0/s1. The van der Waals surface area contributed by atoms with E-state index in [1.54, 1.807) is 37.3 Å². The van der Waals surface area contributed by atoms with Crippen molar-refractivity contribution in [2.75, 3.05) is 7.05 Å². The quantitative estimate of drug-likeness (QED) is 0.479. The molecule has 7 heteroatoms. The molecule has 0 aromatic heterocycles. The monoisotopic (exact) mass is 342 g/mol. The predicted molar refractivity (Wildman–Crippen MR) is 97.2 cm³/mol. The zero-order valence-corrected chi connectivity index (χ0v) is 14.4. The van der Waals surface area contributed by atoms with Crippen molar-refractivity contribution in [3.05, 3.63) is 64.7 Å². The van der Waals surface area contributed by atoms with Gasteiger partial charge in [-0.1, -0.05) is 30.3 Å². The van der Waals surface area contributed by atoms with Crippen LogP contribution in [0.3, 0.4) is 0 Å². The third-order valence-corrected chi connectivity index (χ3v) is 4.03. The normalized spacial score (nSPS) is 11.8. The molecule has 5 N–H and O–H groups in total. The molecule has 0 saturated carbocycles. The number of phenolic OH excluding ortho intramolecular Hbond substituents is 1. The van der Waals surface area contributed by atoms with Crippen LogP contribution in [0, 0.1) is 6.92 Å². The van der Waals surface area contributed by atoms with Crippen LogP contribution in [-0.4, -0.2) is 41.2 Å². The van der Waals surface area contributed by atoms with Crippen molar-refractivity contribution >= 4 is 13.0 Å². The molecule has 2 aromatic carbocycles. The number of benzene rings is 2. The minimum absolute atomic E-state index is 0.0961. The summed E-state index contributed by atoms with van der Waals surface area (Å²) in [6.45, 7) is 2.46. The SMILES string of the molecule is CNCc1ccc(C(=O)N[C@@H](Cc2cccc(C)c2O)B(O)O)cc1. The van der Waals surface area contributed by atoms with Crippen molar-refractivity contribution in [1.82, 2.24) is 10.6 Å². The van der Waals surface area contributed by atoms with E-state index in [2.05, 4.69) is 10.6 Å². The van der Waals surface area contributed by atoms with Gasteiger partial charge in [-0.25, -0.2) is 0 Å². The van der Waals surface area contributed by atoms with Crippen molar-refractivity contribution in [3.8, 4) is 5.75 Å². The summed E-state index contributed by atoms with van der Waals surface area (Å²) in [6.07, 6.45) is 0.106. The van der Waals surface area contributed by atoms with Gasteiger partial charge >= 0.3 is 7.12 Å². The second-order valence-corrected chi connectivity index (χ2v) is 6.01. The molecule has 2 rings (SSSR count). The molecular weight excluding hydrogens is 319 g/mol. The lowest BCUT2D eigenvalue weighted by Gasteiger charge is -2.19. The highest BCUT2D eigenvalue weighted by Gasteiger charge is 2.27. The number of phenols is 1. The molecule has 1 atom stereocenters. The van der Waals surface area contributed by atoms with E-state index in [1.165, 1.54) is 0 Å². The molecule has 0 spiro atoms. The number of hydrogen-bond donors (Lipinski definition) is 5. The minimum atomic E-state index is -1.74. The summed E-state index contributed by atoms with van der Waals surface area (Å²) in [7, 11) is 0.0987. The third kappa shape index (κ3) is 5.06. The Balaban J connectivity index is 2.10. The smallest absolute Gasteiger partial charge is 0.475 e. The van der Waals surface area contributed by atoms with E-state index in [1.807, 2.05) is 19.2 Å². The molecule has 0 bridgehead atoms. The Morgan fingerprint density at radius 1 is 1.16 bits per heavy atom. The maximum Gasteiger partial charge on any atom is 0.475 e. The molecule has 1 amide bonds. The Hall–Kier alpha value is -2.35. The van der Waals surface area contributed by atoms with Crippen LogP contribution in [0.1, 0.15) is 27.0 Å². The molecule has 0 aliphatic carbocycles. The first-order chi connectivity index (χ1) is 11.9. The highest BCUT2D eigenvalue weighted by Crippen LogP contribution is 2.23. The highest BCUT2D eigenvalue weighted by molar-refractivity contribution is 6.43. The Bertz CT molecular complexity index is 720. The van der Waals surface area contributed by atoms with Crippen molar-refractivity contribution in [3.63, 3.8) is 0 Å². The molecule has 0 aliphatic heterocycles. The van der Waals surface area contributed by atoms with Gasteiger partial charge in [0.2, 0.25) is 0 Å². The summed E-state index contributed by atoms with van der Waals surface area (Å²) >= 11 is 0. The van der Waals surface area contributed by atoms with Crippen LogP contribution >= 0.6 is 0 Å². The van der Waals surface area contributed by atoms with E-state index in [0.29, 0.717) is 23.2 Å². The van der Waals surface area contributed by atoms with E-state index >= 15 is 0 Å². The summed E-state index contributed by atoms with van der Waals surface area (Å²) in [5, 5.41) is 34.9. The summed E-state index contributed by atoms with van der Waals surface area (Å²) in [4.78, 5) is 12.4. The fourth-order valence-electron chi connectivity index (χ4n) is 2.58. The molecule has 132 valence electrons. The van der Waals surface area contributed by atoms with Crippen molar-refractivity contribution < 1.29 is 19.9 Å². The molecule has 0 heterocycles. The number of amides is 1. The Morgan fingerprint density at radius 2 is 1.84 bits per heavy atom. The average molecular weight is 342 g/mol. The molecule has 0 unspecified atom stereocenters. The maximum absolute atomic E-state index is 12.4. The van der Waals surface area contributed by atoms with E-state index in [4.69, 9.17) is 0 Å². The third-order valence-electron chi connectivity index (χ3n) is 4.03. The van der Waals surface area contributed by atoms with E-state index in [-0.39, 0.29) is 12.2 Å². The van der Waals surface area contributed by atoms with Gasteiger partial charge in [0, 0.05) is 12.1 Å². The lowest BCUT2D eigenvalue weighted by Crippen LogP contribution is -2.47. The fourth-order valence-corrected chi connectivity index (χ4v) is 2.58. The first-order valence-corrected chi connectivity index (χ1v) is 8.10. The lowest BCUT2D eigenvalue weighted by atomic mass is 9.75. The van der Waals surface area contributed by atoms with E-state index < -0.39 is 19.0 Å². The number of carbonyl (C=O) groups excluding carboxylic acids is 1. The zero-order valence-electron chi connectivity index (χ0n) is 14.4. The minimum Gasteiger partial charge on any atom is -0.507 e. The van der Waals surface area contributed by atoms with Crippen molar-refractivity contribution in [2.24, 2.45) is 0 Å². The molecule has 0 saturated heterocycles. The number of carbonyl (C=O) groups is 1. The van der Waals surface area contributed by atoms with Gasteiger partial charge in [0.15, 0.2) is 0 Å². The van der Waals surface area contributed by atoms with Gasteiger partial charge in [-0.05, 0) is 49.2 Å². The van der Waals surface area contributed by atoms with E-state index in [9.17, 15) is 19.9 Å². The van der Waals surface area contributed by atoms with Crippen molar-refractivity contribution in [2.45, 2.75) is 25.8 Å². The first-order valence-electron chi connectivity index (χ1n) is 8.10. The number of aryl methyl sites for hydroxylation is 1. The molecule has 0 radical (unpaired) electrons. The van der Waals surface area contributed by atoms with Crippen LogP contribution in [0.15, 0.2) is 42.5 Å². The fraction of sp³-hybridized carbons (Fsp3) is 0.278. The first kappa shape index (κ1) is 19.0. The Labute approximate surface area is 147 Å². The Kier molecular flexibility index (Phi) is 6.58. The van der Waals surface area contributed by atoms with Crippen LogP contribution in [0.5, 0.6) is 5.75 Å². The van der Waals surface area contributed by atoms with Crippen LogP contribution in [0.25, 0.3) is 0 Å². The highest BCUT2D eigenvalue weighted by atomic mass is 16.4. The number of para-hydroxylation sites is 1. The number of hydrogen-bond acceptors (Lipinski definition) is 5. The topological polar surface area (TPSA) is 102 Å². The molecule has 2 aromatic rings. The van der Waals surface area contributed by atoms with Gasteiger partial charge in [0.05, 0.1) is 5.94 Å². The summed E-state index contributed by atoms with van der Waals surface area (Å²) < 4.78 is 0. The second kappa shape index (κ2) is 8.66. The second-order valence-electron chi connectivity index (χ2n) is 6.01. The molecular formula is C18H23BN2O4. The summed E-state index contributed by atoms with van der Waals surface area (Å²) in [5.41, 5.74) is 2.71. The molecule has 6 nitrogen and oxygen atoms in total. The van der Waals surface area contributed by atoms with Gasteiger partial charge in [-0.3, -0.25) is 4.79 Å². The van der Waals surface area contributed by atoms with E-state index in [0.717, 1.165) is 5.56 Å². The Morgan fingerprint density at radius 3 is 2.44 bits per heavy atom. The number of nitrogens with one attached hydrogen (secondary N) is 2.